The number of aryl methyl sites for hydroxylation is 1. The van der Waals surface area contributed by atoms with Gasteiger partial charge in [-0.2, -0.15) is 13.5 Å². The first-order chi connectivity index (χ1) is 13.8. The fourth-order valence-corrected chi connectivity index (χ4v) is 3.47. The molecule has 0 aliphatic rings. The Kier molecular flexibility index (Phi) is 6.65. The average molecular weight is 520 g/mol. The standard InChI is InChI=1S/C21H17IN2O4S/c1-15-2-12-20(13-3-15)29(26,27)24-23-14-16-4-10-19(11-5-16)28-21(25)17-6-8-18(22)9-7-17/h2-14,24H,1H3/b23-14+. The molecule has 0 saturated heterocycles. The quantitative estimate of drug-likeness (QED) is 0.174. The highest BCUT2D eigenvalue weighted by Gasteiger charge is 2.12. The maximum Gasteiger partial charge on any atom is 0.343 e. The first-order valence-corrected chi connectivity index (χ1v) is 11.1. The zero-order valence-corrected chi connectivity index (χ0v) is 18.3. The molecule has 0 radical (unpaired) electrons. The van der Waals surface area contributed by atoms with E-state index >= 15 is 0 Å². The predicted octanol–water partition coefficient (Wildman–Crippen LogP) is 4.13. The predicted molar refractivity (Wildman–Crippen MR) is 120 cm³/mol. The maximum absolute atomic E-state index is 12.2. The molecular formula is C21H17IN2O4S. The summed E-state index contributed by atoms with van der Waals surface area (Å²) in [4.78, 5) is 14.4. The zero-order chi connectivity index (χ0) is 20.9. The fourth-order valence-electron chi connectivity index (χ4n) is 2.31. The number of hydrazone groups is 1. The minimum absolute atomic E-state index is 0.137. The van der Waals surface area contributed by atoms with Gasteiger partial charge < -0.3 is 4.74 Å². The largest absolute Gasteiger partial charge is 0.423 e. The van der Waals surface area contributed by atoms with Crippen molar-refractivity contribution in [1.82, 2.24) is 4.83 Å². The number of hydrogen-bond acceptors (Lipinski definition) is 5. The molecule has 29 heavy (non-hydrogen) atoms. The second kappa shape index (κ2) is 9.19. The zero-order valence-electron chi connectivity index (χ0n) is 15.4. The van der Waals surface area contributed by atoms with E-state index in [1.54, 1.807) is 48.5 Å². The molecule has 3 aromatic rings. The molecule has 0 saturated carbocycles. The van der Waals surface area contributed by atoms with Crippen molar-refractivity contribution in [2.24, 2.45) is 5.10 Å². The molecule has 0 amide bonds. The lowest BCUT2D eigenvalue weighted by Gasteiger charge is -2.05. The van der Waals surface area contributed by atoms with Crippen molar-refractivity contribution in [3.05, 3.63) is 93.1 Å². The molecule has 6 nitrogen and oxygen atoms in total. The fraction of sp³-hybridized carbons (Fsp3) is 0.0476. The molecule has 1 N–H and O–H groups in total. The Labute approximate surface area is 182 Å². The van der Waals surface area contributed by atoms with Crippen LogP contribution < -0.4 is 9.57 Å². The summed E-state index contributed by atoms with van der Waals surface area (Å²) in [7, 11) is -3.72. The minimum atomic E-state index is -3.72. The third-order valence-electron chi connectivity index (χ3n) is 3.89. The summed E-state index contributed by atoms with van der Waals surface area (Å²) in [6.07, 6.45) is 1.37. The molecule has 8 heteroatoms. The SMILES string of the molecule is Cc1ccc(S(=O)(=O)N/N=C/c2ccc(OC(=O)c3ccc(I)cc3)cc2)cc1. The van der Waals surface area contributed by atoms with E-state index in [0.717, 1.165) is 9.13 Å². The smallest absolute Gasteiger partial charge is 0.343 e. The van der Waals surface area contributed by atoms with Crippen LogP contribution in [0.2, 0.25) is 0 Å². The summed E-state index contributed by atoms with van der Waals surface area (Å²) in [5, 5.41) is 3.79. The molecule has 148 valence electrons. The second-order valence-corrected chi connectivity index (χ2v) is 9.04. The van der Waals surface area contributed by atoms with Crippen molar-refractivity contribution in [3.63, 3.8) is 0 Å². The van der Waals surface area contributed by atoms with E-state index in [2.05, 4.69) is 32.5 Å². The number of ether oxygens (including phenoxy) is 1. The Morgan fingerprint density at radius 1 is 0.966 bits per heavy atom. The Balaban J connectivity index is 1.60. The molecule has 0 spiro atoms. The molecule has 0 aliphatic heterocycles. The second-order valence-electron chi connectivity index (χ2n) is 6.13. The molecule has 3 rings (SSSR count). The number of rotatable bonds is 6. The van der Waals surface area contributed by atoms with Crippen LogP contribution in [0.15, 0.2) is 82.8 Å². The number of carbonyl (C=O) groups excluding carboxylic acids is 1. The number of nitrogens with one attached hydrogen (secondary N) is 1. The van der Waals surface area contributed by atoms with Gasteiger partial charge in [0.15, 0.2) is 0 Å². The molecule has 0 bridgehead atoms. The summed E-state index contributed by atoms with van der Waals surface area (Å²) in [5.74, 6) is -0.0698. The van der Waals surface area contributed by atoms with Gasteiger partial charge in [0.1, 0.15) is 5.75 Å². The Morgan fingerprint density at radius 3 is 2.21 bits per heavy atom. The lowest BCUT2D eigenvalue weighted by atomic mass is 10.2. The molecule has 0 aromatic heterocycles. The molecule has 0 aliphatic carbocycles. The van der Waals surface area contributed by atoms with Crippen LogP contribution in [-0.2, 0) is 10.0 Å². The van der Waals surface area contributed by atoms with E-state index in [4.69, 9.17) is 4.74 Å². The number of esters is 1. The normalized spacial score (nSPS) is 11.4. The number of hydrogen-bond donors (Lipinski definition) is 1. The van der Waals surface area contributed by atoms with Crippen molar-refractivity contribution < 1.29 is 17.9 Å². The van der Waals surface area contributed by atoms with Gasteiger partial charge in [0.2, 0.25) is 0 Å². The van der Waals surface area contributed by atoms with Crippen LogP contribution in [0.25, 0.3) is 0 Å². The van der Waals surface area contributed by atoms with E-state index in [1.165, 1.54) is 18.3 Å². The van der Waals surface area contributed by atoms with Gasteiger partial charge in [0, 0.05) is 3.57 Å². The van der Waals surface area contributed by atoms with Gasteiger partial charge in [-0.05, 0) is 95.7 Å². The molecule has 0 fully saturated rings. The van der Waals surface area contributed by atoms with Crippen LogP contribution >= 0.6 is 22.6 Å². The van der Waals surface area contributed by atoms with Gasteiger partial charge in [0.25, 0.3) is 10.0 Å². The highest BCUT2D eigenvalue weighted by Crippen LogP contribution is 2.15. The van der Waals surface area contributed by atoms with Gasteiger partial charge in [-0.15, -0.1) is 0 Å². The monoisotopic (exact) mass is 520 g/mol. The number of carbonyl (C=O) groups is 1. The van der Waals surface area contributed by atoms with Crippen LogP contribution in [-0.4, -0.2) is 20.6 Å². The van der Waals surface area contributed by atoms with Gasteiger partial charge in [-0.25, -0.2) is 9.63 Å². The highest BCUT2D eigenvalue weighted by molar-refractivity contribution is 14.1. The van der Waals surface area contributed by atoms with Crippen LogP contribution in [0, 0.1) is 10.5 Å². The summed E-state index contributed by atoms with van der Waals surface area (Å²) >= 11 is 2.16. The van der Waals surface area contributed by atoms with Crippen molar-refractivity contribution >= 4 is 44.8 Å². The van der Waals surface area contributed by atoms with E-state index in [-0.39, 0.29) is 4.90 Å². The number of benzene rings is 3. The molecule has 0 heterocycles. The molecule has 0 atom stereocenters. The Hall–Kier alpha value is -2.72. The summed E-state index contributed by atoms with van der Waals surface area (Å²) in [6.45, 7) is 1.88. The van der Waals surface area contributed by atoms with E-state index in [1.807, 2.05) is 19.1 Å². The number of sulfonamides is 1. The highest BCUT2D eigenvalue weighted by atomic mass is 127. The Morgan fingerprint density at radius 2 is 1.59 bits per heavy atom. The average Bonchev–Trinajstić information content (AvgIpc) is 2.70. The van der Waals surface area contributed by atoms with Gasteiger partial charge in [-0.3, -0.25) is 0 Å². The topological polar surface area (TPSA) is 84.8 Å². The third-order valence-corrected chi connectivity index (χ3v) is 5.85. The molecule has 0 unspecified atom stereocenters. The van der Waals surface area contributed by atoms with Crippen molar-refractivity contribution in [1.29, 1.82) is 0 Å². The number of nitrogens with zero attached hydrogens (tertiary/aromatic N) is 1. The summed E-state index contributed by atoms with van der Waals surface area (Å²) in [5.41, 5.74) is 2.07. The lowest BCUT2D eigenvalue weighted by Crippen LogP contribution is -2.18. The first kappa shape index (κ1) is 21.0. The summed E-state index contributed by atoms with van der Waals surface area (Å²) < 4.78 is 30.7. The maximum atomic E-state index is 12.2. The van der Waals surface area contributed by atoms with Crippen LogP contribution in [0.3, 0.4) is 0 Å². The van der Waals surface area contributed by atoms with E-state index < -0.39 is 16.0 Å². The third kappa shape index (κ3) is 5.88. The number of halogens is 1. The molecular weight excluding hydrogens is 503 g/mol. The van der Waals surface area contributed by atoms with E-state index in [9.17, 15) is 13.2 Å². The lowest BCUT2D eigenvalue weighted by molar-refractivity contribution is 0.0734. The Bertz CT molecular complexity index is 1120. The van der Waals surface area contributed by atoms with Gasteiger partial charge >= 0.3 is 5.97 Å². The van der Waals surface area contributed by atoms with Crippen LogP contribution in [0.4, 0.5) is 0 Å². The van der Waals surface area contributed by atoms with Gasteiger partial charge in [-0.1, -0.05) is 17.7 Å². The molecule has 3 aromatic carbocycles. The van der Waals surface area contributed by atoms with Crippen molar-refractivity contribution in [3.8, 4) is 5.75 Å². The van der Waals surface area contributed by atoms with Gasteiger partial charge in [0.05, 0.1) is 16.7 Å². The van der Waals surface area contributed by atoms with Crippen molar-refractivity contribution in [2.75, 3.05) is 0 Å². The first-order valence-electron chi connectivity index (χ1n) is 8.53. The minimum Gasteiger partial charge on any atom is -0.423 e. The van der Waals surface area contributed by atoms with E-state index in [0.29, 0.717) is 16.9 Å². The van der Waals surface area contributed by atoms with Crippen LogP contribution in [0.1, 0.15) is 21.5 Å². The summed E-state index contributed by atoms with van der Waals surface area (Å²) in [6, 6.07) is 20.1. The van der Waals surface area contributed by atoms with Crippen LogP contribution in [0.5, 0.6) is 5.75 Å². The van der Waals surface area contributed by atoms with Crippen molar-refractivity contribution in [2.45, 2.75) is 11.8 Å².